The maximum atomic E-state index is 5.28. The van der Waals surface area contributed by atoms with Crippen LogP contribution in [0.25, 0.3) is 106 Å². The standard InChI is InChI=1S/C55H36N4/c1-3-15-37(16-4-1)42-21-11-22-43(35-42)38-31-33-41(34-32-38)53-56-54(58-55(57-53)59-50-29-9-7-25-48(50)49-26-8-10-30-51(49)59)45-24-12-23-44(36-45)47-28-14-20-40-19-13-27-46(52(40)47)39-17-5-2-6-18-39/h1-36H. The average molecular weight is 753 g/mol. The van der Waals surface area contributed by atoms with Crippen molar-refractivity contribution in [1.29, 1.82) is 0 Å². The Bertz CT molecular complexity index is 3250. The van der Waals surface area contributed by atoms with Crippen LogP contribution in [0.1, 0.15) is 0 Å². The number of nitrogens with zero attached hydrogens (tertiary/aromatic N) is 4. The zero-order valence-corrected chi connectivity index (χ0v) is 32.1. The Morgan fingerprint density at radius 2 is 0.729 bits per heavy atom. The van der Waals surface area contributed by atoms with Gasteiger partial charge >= 0.3 is 0 Å². The van der Waals surface area contributed by atoms with Crippen molar-refractivity contribution in [3.63, 3.8) is 0 Å². The molecule has 0 saturated carbocycles. The molecule has 2 aromatic heterocycles. The SMILES string of the molecule is c1ccc(-c2cccc(-c3ccc(-c4nc(-c5cccc(-c6cccc7cccc(-c8ccccc8)c67)c5)nc(-n5c6ccccc6c6ccccc65)n4)cc3)c2)cc1. The monoisotopic (exact) mass is 752 g/mol. The number of hydrogen-bond acceptors (Lipinski definition) is 3. The molecular formula is C55H36N4. The first-order chi connectivity index (χ1) is 29.2. The third-order valence-corrected chi connectivity index (χ3v) is 11.3. The van der Waals surface area contributed by atoms with Crippen molar-refractivity contribution in [3.8, 4) is 73.2 Å². The molecule has 276 valence electrons. The maximum absolute atomic E-state index is 5.28. The van der Waals surface area contributed by atoms with Crippen molar-refractivity contribution in [1.82, 2.24) is 19.5 Å². The zero-order valence-electron chi connectivity index (χ0n) is 32.1. The lowest BCUT2D eigenvalue weighted by molar-refractivity contribution is 0.953. The second-order valence-electron chi connectivity index (χ2n) is 14.8. The Balaban J connectivity index is 1.07. The molecule has 59 heavy (non-hydrogen) atoms. The van der Waals surface area contributed by atoms with Crippen LogP contribution in [0.4, 0.5) is 0 Å². The maximum Gasteiger partial charge on any atom is 0.238 e. The van der Waals surface area contributed by atoms with Crippen molar-refractivity contribution in [2.75, 3.05) is 0 Å². The van der Waals surface area contributed by atoms with Crippen LogP contribution in [-0.2, 0) is 0 Å². The van der Waals surface area contributed by atoms with E-state index in [1.807, 2.05) is 0 Å². The molecule has 11 aromatic rings. The van der Waals surface area contributed by atoms with Gasteiger partial charge in [-0.15, -0.1) is 0 Å². The third kappa shape index (κ3) is 6.24. The molecule has 0 aliphatic carbocycles. The molecule has 0 fully saturated rings. The first-order valence-electron chi connectivity index (χ1n) is 19.9. The second kappa shape index (κ2) is 14.5. The molecule has 0 bridgehead atoms. The molecule has 2 heterocycles. The molecule has 4 heteroatoms. The zero-order chi connectivity index (χ0) is 39.1. The van der Waals surface area contributed by atoms with Gasteiger partial charge in [0, 0.05) is 21.9 Å². The lowest BCUT2D eigenvalue weighted by atomic mass is 9.91. The van der Waals surface area contributed by atoms with Crippen LogP contribution in [-0.4, -0.2) is 19.5 Å². The molecule has 4 nitrogen and oxygen atoms in total. The van der Waals surface area contributed by atoms with E-state index in [4.69, 9.17) is 15.0 Å². The molecule has 0 N–H and O–H groups in total. The normalized spacial score (nSPS) is 11.4. The molecule has 0 aliphatic rings. The fourth-order valence-corrected chi connectivity index (χ4v) is 8.45. The molecule has 11 rings (SSSR count). The summed E-state index contributed by atoms with van der Waals surface area (Å²) in [5.74, 6) is 1.79. The largest absolute Gasteiger partial charge is 0.278 e. The van der Waals surface area contributed by atoms with Gasteiger partial charge in [0.1, 0.15) is 0 Å². The highest BCUT2D eigenvalue weighted by molar-refractivity contribution is 6.09. The lowest BCUT2D eigenvalue weighted by Crippen LogP contribution is -2.06. The second-order valence-corrected chi connectivity index (χ2v) is 14.8. The number of hydrogen-bond donors (Lipinski definition) is 0. The van der Waals surface area contributed by atoms with E-state index in [0.717, 1.165) is 55.2 Å². The highest BCUT2D eigenvalue weighted by Crippen LogP contribution is 2.38. The van der Waals surface area contributed by atoms with E-state index in [1.165, 1.54) is 33.0 Å². The van der Waals surface area contributed by atoms with Crippen LogP contribution >= 0.6 is 0 Å². The van der Waals surface area contributed by atoms with Crippen LogP contribution in [0.3, 0.4) is 0 Å². The van der Waals surface area contributed by atoms with Crippen LogP contribution in [0.2, 0.25) is 0 Å². The summed E-state index contributed by atoms with van der Waals surface area (Å²) in [6.45, 7) is 0. The minimum atomic E-state index is 0.573. The number of fused-ring (bicyclic) bond motifs is 4. The molecule has 0 radical (unpaired) electrons. The quantitative estimate of drug-likeness (QED) is 0.163. The van der Waals surface area contributed by atoms with Gasteiger partial charge in [-0.1, -0.05) is 194 Å². The minimum absolute atomic E-state index is 0.573. The van der Waals surface area contributed by atoms with Crippen LogP contribution in [0.5, 0.6) is 0 Å². The summed E-state index contributed by atoms with van der Waals surface area (Å²) >= 11 is 0. The summed E-state index contributed by atoms with van der Waals surface area (Å²) < 4.78 is 2.17. The van der Waals surface area contributed by atoms with Gasteiger partial charge in [-0.25, -0.2) is 4.98 Å². The Labute approximate surface area is 342 Å². The van der Waals surface area contributed by atoms with E-state index in [-0.39, 0.29) is 0 Å². The molecule has 0 spiro atoms. The van der Waals surface area contributed by atoms with Gasteiger partial charge in [0.05, 0.1) is 11.0 Å². The Morgan fingerprint density at radius 1 is 0.288 bits per heavy atom. The summed E-state index contributed by atoms with van der Waals surface area (Å²) in [4.78, 5) is 15.7. The number of rotatable bonds is 7. The highest BCUT2D eigenvalue weighted by Gasteiger charge is 2.19. The van der Waals surface area contributed by atoms with E-state index in [9.17, 15) is 0 Å². The Morgan fingerprint density at radius 3 is 1.37 bits per heavy atom. The highest BCUT2D eigenvalue weighted by atomic mass is 15.2. The van der Waals surface area contributed by atoms with Gasteiger partial charge in [-0.3, -0.25) is 4.57 Å². The van der Waals surface area contributed by atoms with E-state index in [0.29, 0.717) is 17.6 Å². The Kier molecular flexibility index (Phi) is 8.45. The fourth-order valence-electron chi connectivity index (χ4n) is 8.45. The van der Waals surface area contributed by atoms with E-state index in [2.05, 4.69) is 223 Å². The summed E-state index contributed by atoms with van der Waals surface area (Å²) in [5, 5.41) is 4.72. The van der Waals surface area contributed by atoms with E-state index in [1.54, 1.807) is 0 Å². The molecule has 0 amide bonds. The van der Waals surface area contributed by atoms with Crippen molar-refractivity contribution in [2.45, 2.75) is 0 Å². The third-order valence-electron chi connectivity index (χ3n) is 11.3. The van der Waals surface area contributed by atoms with Crippen molar-refractivity contribution >= 4 is 32.6 Å². The lowest BCUT2D eigenvalue weighted by Gasteiger charge is -2.14. The topological polar surface area (TPSA) is 43.6 Å². The molecule has 0 atom stereocenters. The Hall–Kier alpha value is -7.95. The first-order valence-corrected chi connectivity index (χ1v) is 19.9. The number of aromatic nitrogens is 4. The molecule has 9 aromatic carbocycles. The van der Waals surface area contributed by atoms with Crippen molar-refractivity contribution < 1.29 is 0 Å². The summed E-state index contributed by atoms with van der Waals surface area (Å²) in [6, 6.07) is 77.0. The van der Waals surface area contributed by atoms with Gasteiger partial charge in [0.25, 0.3) is 0 Å². The van der Waals surface area contributed by atoms with E-state index >= 15 is 0 Å². The number of benzene rings is 9. The van der Waals surface area contributed by atoms with Gasteiger partial charge in [0.15, 0.2) is 11.6 Å². The van der Waals surface area contributed by atoms with Crippen molar-refractivity contribution in [2.24, 2.45) is 0 Å². The van der Waals surface area contributed by atoms with Crippen LogP contribution < -0.4 is 0 Å². The minimum Gasteiger partial charge on any atom is -0.278 e. The average Bonchev–Trinajstić information content (AvgIpc) is 3.66. The smallest absolute Gasteiger partial charge is 0.238 e. The van der Waals surface area contributed by atoms with Crippen LogP contribution in [0, 0.1) is 0 Å². The summed E-state index contributed by atoms with van der Waals surface area (Å²) in [5.41, 5.74) is 13.2. The predicted molar refractivity (Wildman–Crippen MR) is 244 cm³/mol. The van der Waals surface area contributed by atoms with E-state index < -0.39 is 0 Å². The van der Waals surface area contributed by atoms with Crippen molar-refractivity contribution in [3.05, 3.63) is 218 Å². The number of para-hydroxylation sites is 2. The van der Waals surface area contributed by atoms with Gasteiger partial charge in [-0.05, 0) is 79.5 Å². The summed E-state index contributed by atoms with van der Waals surface area (Å²) in [7, 11) is 0. The molecule has 0 aliphatic heterocycles. The van der Waals surface area contributed by atoms with Gasteiger partial charge in [-0.2, -0.15) is 9.97 Å². The molecule has 0 saturated heterocycles. The molecular weight excluding hydrogens is 717 g/mol. The van der Waals surface area contributed by atoms with Gasteiger partial charge in [0.2, 0.25) is 5.95 Å². The fraction of sp³-hybridized carbons (Fsp3) is 0. The first kappa shape index (κ1) is 34.3. The van der Waals surface area contributed by atoms with Gasteiger partial charge < -0.3 is 0 Å². The predicted octanol–water partition coefficient (Wildman–Crippen LogP) is 14.1. The molecule has 0 unspecified atom stereocenters. The van der Waals surface area contributed by atoms with Crippen LogP contribution in [0.15, 0.2) is 218 Å². The summed E-state index contributed by atoms with van der Waals surface area (Å²) in [6.07, 6.45) is 0.